The summed E-state index contributed by atoms with van der Waals surface area (Å²) < 4.78 is 5.06. The highest BCUT2D eigenvalue weighted by Gasteiger charge is 2.14. The minimum Gasteiger partial charge on any atom is -0.474 e. The van der Waals surface area contributed by atoms with Crippen LogP contribution in [0.2, 0.25) is 0 Å². The van der Waals surface area contributed by atoms with Crippen molar-refractivity contribution in [3.8, 4) is 0 Å². The van der Waals surface area contributed by atoms with E-state index in [1.165, 1.54) is 0 Å². The summed E-state index contributed by atoms with van der Waals surface area (Å²) >= 11 is 1.61. The number of benzene rings is 1. The van der Waals surface area contributed by atoms with E-state index in [1.54, 1.807) is 30.8 Å². The number of ether oxygens (including phenoxy) is 1. The molecule has 0 aliphatic heterocycles. The van der Waals surface area contributed by atoms with E-state index >= 15 is 0 Å². The molecule has 6 heteroatoms. The van der Waals surface area contributed by atoms with Gasteiger partial charge in [0.15, 0.2) is 5.71 Å². The Bertz CT molecular complexity index is 415. The molecule has 0 heterocycles. The van der Waals surface area contributed by atoms with Gasteiger partial charge in [-0.1, -0.05) is 17.3 Å². The molecule has 0 amide bonds. The summed E-state index contributed by atoms with van der Waals surface area (Å²) in [5.74, 6) is -0.105. The topological polar surface area (TPSA) is 74.4 Å². The molecule has 1 rings (SSSR count). The van der Waals surface area contributed by atoms with Crippen molar-refractivity contribution < 1.29 is 15.2 Å². The quantitative estimate of drug-likeness (QED) is 0.284. The van der Waals surface area contributed by atoms with Crippen LogP contribution in [0.3, 0.4) is 0 Å². The summed E-state index contributed by atoms with van der Waals surface area (Å²) in [4.78, 5) is 1.09. The first-order valence-electron chi connectivity index (χ1n) is 4.98. The van der Waals surface area contributed by atoms with Gasteiger partial charge in [0.2, 0.25) is 0 Å². The molecule has 0 saturated heterocycles. The Morgan fingerprint density at radius 1 is 1.24 bits per heavy atom. The Kier molecular flexibility index (Phi) is 5.35. The van der Waals surface area contributed by atoms with Crippen LogP contribution in [-0.2, 0) is 4.74 Å². The number of oxime groups is 2. The summed E-state index contributed by atoms with van der Waals surface area (Å²) in [6.45, 7) is 2.07. The van der Waals surface area contributed by atoms with Crippen molar-refractivity contribution in [3.63, 3.8) is 0 Å². The lowest BCUT2D eigenvalue weighted by Crippen LogP contribution is -2.19. The maximum absolute atomic E-state index is 8.94. The number of nitrogens with zero attached hydrogens (tertiary/aromatic N) is 2. The summed E-state index contributed by atoms with van der Waals surface area (Å²) in [7, 11) is 0. The number of hydrogen-bond acceptors (Lipinski definition) is 6. The van der Waals surface area contributed by atoms with Crippen molar-refractivity contribution in [3.05, 3.63) is 29.8 Å². The van der Waals surface area contributed by atoms with E-state index in [2.05, 4.69) is 10.3 Å². The van der Waals surface area contributed by atoms with Gasteiger partial charge in [-0.2, -0.15) is 0 Å². The van der Waals surface area contributed by atoms with Crippen molar-refractivity contribution in [2.75, 3.05) is 12.9 Å². The Labute approximate surface area is 104 Å². The van der Waals surface area contributed by atoms with Crippen molar-refractivity contribution in [2.45, 2.75) is 11.8 Å². The van der Waals surface area contributed by atoms with Crippen LogP contribution in [0.4, 0.5) is 0 Å². The lowest BCUT2D eigenvalue weighted by molar-refractivity contribution is 0.267. The minimum atomic E-state index is -0.105. The molecular weight excluding hydrogens is 240 g/mol. The summed E-state index contributed by atoms with van der Waals surface area (Å²) in [6, 6.07) is 7.30. The Hall–Kier alpha value is -1.69. The lowest BCUT2D eigenvalue weighted by atomic mass is 10.1. The molecule has 0 atom stereocenters. The largest absolute Gasteiger partial charge is 0.474 e. The fourth-order valence-electron chi connectivity index (χ4n) is 1.25. The van der Waals surface area contributed by atoms with Gasteiger partial charge < -0.3 is 15.2 Å². The van der Waals surface area contributed by atoms with Gasteiger partial charge in [0, 0.05) is 10.5 Å². The Balaban J connectivity index is 3.01. The maximum atomic E-state index is 8.94. The molecule has 1 aromatic carbocycles. The van der Waals surface area contributed by atoms with Gasteiger partial charge in [-0.3, -0.25) is 0 Å². The van der Waals surface area contributed by atoms with Gasteiger partial charge in [-0.05, 0) is 30.5 Å². The molecule has 92 valence electrons. The smallest absolute Gasteiger partial charge is 0.280 e. The van der Waals surface area contributed by atoms with Crippen molar-refractivity contribution in [2.24, 2.45) is 10.3 Å². The molecule has 0 bridgehead atoms. The molecule has 0 radical (unpaired) electrons. The van der Waals surface area contributed by atoms with Crippen molar-refractivity contribution >= 4 is 23.4 Å². The van der Waals surface area contributed by atoms with Gasteiger partial charge in [0.05, 0.1) is 6.61 Å². The molecule has 0 saturated carbocycles. The highest BCUT2D eigenvalue weighted by molar-refractivity contribution is 7.98. The zero-order valence-electron chi connectivity index (χ0n) is 9.62. The average molecular weight is 254 g/mol. The van der Waals surface area contributed by atoms with Gasteiger partial charge >= 0.3 is 0 Å². The van der Waals surface area contributed by atoms with E-state index in [-0.39, 0.29) is 11.6 Å². The van der Waals surface area contributed by atoms with Crippen LogP contribution in [0.5, 0.6) is 0 Å². The predicted molar refractivity (Wildman–Crippen MR) is 67.4 cm³/mol. The highest BCUT2D eigenvalue weighted by Crippen LogP contribution is 2.15. The normalized spacial score (nSPS) is 12.6. The molecule has 17 heavy (non-hydrogen) atoms. The van der Waals surface area contributed by atoms with Crippen LogP contribution in [0.15, 0.2) is 39.5 Å². The molecule has 0 aliphatic rings. The lowest BCUT2D eigenvalue weighted by Gasteiger charge is -2.07. The standard InChI is InChI=1S/C11H14N2O3S/c1-3-16-11(13-15)10(12-14)8-4-6-9(17-2)7-5-8/h4-7,14-15H,3H2,1-2H3. The van der Waals surface area contributed by atoms with E-state index in [9.17, 15) is 0 Å². The van der Waals surface area contributed by atoms with E-state index in [4.69, 9.17) is 15.2 Å². The minimum absolute atomic E-state index is 0.0991. The molecular formula is C11H14N2O3S. The second-order valence-corrected chi connectivity index (χ2v) is 3.89. The zero-order chi connectivity index (χ0) is 12.7. The molecule has 2 N–H and O–H groups in total. The van der Waals surface area contributed by atoms with Crippen LogP contribution >= 0.6 is 11.8 Å². The Morgan fingerprint density at radius 3 is 2.29 bits per heavy atom. The zero-order valence-corrected chi connectivity index (χ0v) is 10.4. The monoisotopic (exact) mass is 254 g/mol. The van der Waals surface area contributed by atoms with Gasteiger partial charge in [0.1, 0.15) is 0 Å². The molecule has 5 nitrogen and oxygen atoms in total. The van der Waals surface area contributed by atoms with Crippen LogP contribution in [0, 0.1) is 0 Å². The number of thioether (sulfide) groups is 1. The van der Waals surface area contributed by atoms with E-state index in [0.717, 1.165) is 4.90 Å². The first-order valence-corrected chi connectivity index (χ1v) is 6.21. The average Bonchev–Trinajstić information content (AvgIpc) is 2.39. The molecule has 0 aromatic heterocycles. The third kappa shape index (κ3) is 3.39. The van der Waals surface area contributed by atoms with Gasteiger partial charge in [0.25, 0.3) is 5.90 Å². The molecule has 0 aliphatic carbocycles. The third-order valence-electron chi connectivity index (χ3n) is 2.04. The van der Waals surface area contributed by atoms with E-state index < -0.39 is 0 Å². The molecule has 0 spiro atoms. The summed E-state index contributed by atoms with van der Waals surface area (Å²) in [5.41, 5.74) is 0.716. The van der Waals surface area contributed by atoms with Crippen LogP contribution in [0.1, 0.15) is 12.5 Å². The maximum Gasteiger partial charge on any atom is 0.280 e. The predicted octanol–water partition coefficient (Wildman–Crippen LogP) is 2.41. The number of rotatable bonds is 4. The van der Waals surface area contributed by atoms with Crippen LogP contribution in [0.25, 0.3) is 0 Å². The SMILES string of the molecule is CCOC(=NO)C(=NO)c1ccc(SC)cc1. The fourth-order valence-corrected chi connectivity index (χ4v) is 1.66. The number of hydrogen-bond donors (Lipinski definition) is 2. The van der Waals surface area contributed by atoms with Gasteiger partial charge in [-0.25, -0.2) is 0 Å². The summed E-state index contributed by atoms with van der Waals surface area (Å²) in [6.07, 6.45) is 1.97. The second-order valence-electron chi connectivity index (χ2n) is 3.02. The summed E-state index contributed by atoms with van der Waals surface area (Å²) in [5, 5.41) is 23.8. The van der Waals surface area contributed by atoms with Gasteiger partial charge in [-0.15, -0.1) is 11.8 Å². The molecule has 0 fully saturated rings. The third-order valence-corrected chi connectivity index (χ3v) is 2.78. The highest BCUT2D eigenvalue weighted by atomic mass is 32.2. The van der Waals surface area contributed by atoms with E-state index in [0.29, 0.717) is 12.2 Å². The van der Waals surface area contributed by atoms with Crippen molar-refractivity contribution in [1.29, 1.82) is 0 Å². The van der Waals surface area contributed by atoms with Crippen molar-refractivity contribution in [1.82, 2.24) is 0 Å². The van der Waals surface area contributed by atoms with Crippen LogP contribution < -0.4 is 0 Å². The van der Waals surface area contributed by atoms with E-state index in [1.807, 2.05) is 18.4 Å². The first-order chi connectivity index (χ1) is 8.26. The van der Waals surface area contributed by atoms with Crippen LogP contribution in [-0.4, -0.2) is 34.9 Å². The second kappa shape index (κ2) is 6.80. The Morgan fingerprint density at radius 2 is 1.88 bits per heavy atom. The molecule has 0 unspecified atom stereocenters. The first kappa shape index (κ1) is 13.4. The molecule has 1 aromatic rings. The fraction of sp³-hybridized carbons (Fsp3) is 0.273.